The minimum absolute atomic E-state index is 0.123. The maximum atomic E-state index is 11.8. The molecule has 1 unspecified atom stereocenters. The molecule has 0 bridgehead atoms. The standard InChI is InChI=1S/C10H18N2O2/c11-10(3-4-10)9(14)12-5-1-8(7-12)2-6-13/h8,13H,1-7,11H2. The van der Waals surface area contributed by atoms with E-state index in [0.29, 0.717) is 5.92 Å². The van der Waals surface area contributed by atoms with Crippen molar-refractivity contribution in [1.29, 1.82) is 0 Å². The van der Waals surface area contributed by atoms with E-state index in [1.54, 1.807) is 0 Å². The van der Waals surface area contributed by atoms with Gasteiger partial charge in [-0.1, -0.05) is 0 Å². The highest BCUT2D eigenvalue weighted by molar-refractivity contribution is 5.89. The van der Waals surface area contributed by atoms with Gasteiger partial charge in [0.1, 0.15) is 0 Å². The molecule has 0 spiro atoms. The van der Waals surface area contributed by atoms with E-state index in [9.17, 15) is 4.79 Å². The van der Waals surface area contributed by atoms with E-state index < -0.39 is 5.54 Å². The summed E-state index contributed by atoms with van der Waals surface area (Å²) >= 11 is 0. The average molecular weight is 198 g/mol. The molecule has 2 fully saturated rings. The van der Waals surface area contributed by atoms with Gasteiger partial charge in [-0.05, 0) is 31.6 Å². The predicted molar refractivity (Wildman–Crippen MR) is 52.5 cm³/mol. The lowest BCUT2D eigenvalue weighted by Gasteiger charge is -2.20. The third-order valence-electron chi connectivity index (χ3n) is 3.33. The molecule has 80 valence electrons. The maximum Gasteiger partial charge on any atom is 0.242 e. The Morgan fingerprint density at radius 1 is 1.57 bits per heavy atom. The quantitative estimate of drug-likeness (QED) is 0.655. The molecule has 0 radical (unpaired) electrons. The molecule has 1 amide bonds. The Kier molecular flexibility index (Phi) is 2.49. The van der Waals surface area contributed by atoms with Gasteiger partial charge in [0.25, 0.3) is 0 Å². The van der Waals surface area contributed by atoms with E-state index in [1.165, 1.54) is 0 Å². The van der Waals surface area contributed by atoms with Crippen molar-refractivity contribution < 1.29 is 9.90 Å². The van der Waals surface area contributed by atoms with Crippen molar-refractivity contribution >= 4 is 5.91 Å². The number of carbonyl (C=O) groups excluding carboxylic acids is 1. The van der Waals surface area contributed by atoms with Crippen molar-refractivity contribution in [1.82, 2.24) is 4.90 Å². The molecular weight excluding hydrogens is 180 g/mol. The zero-order chi connectivity index (χ0) is 10.2. The van der Waals surface area contributed by atoms with Gasteiger partial charge in [-0.2, -0.15) is 0 Å². The summed E-state index contributed by atoms with van der Waals surface area (Å²) in [7, 11) is 0. The molecule has 3 N–H and O–H groups in total. The number of aliphatic hydroxyl groups is 1. The van der Waals surface area contributed by atoms with Crippen molar-refractivity contribution in [3.8, 4) is 0 Å². The summed E-state index contributed by atoms with van der Waals surface area (Å²) in [6.07, 6.45) is 3.50. The fraction of sp³-hybridized carbons (Fsp3) is 0.900. The summed E-state index contributed by atoms with van der Waals surface area (Å²) < 4.78 is 0. The number of hydrogen-bond donors (Lipinski definition) is 2. The van der Waals surface area contributed by atoms with Crippen LogP contribution >= 0.6 is 0 Å². The second kappa shape index (κ2) is 3.51. The first-order valence-electron chi connectivity index (χ1n) is 5.35. The van der Waals surface area contributed by atoms with Crippen LogP contribution in [0.3, 0.4) is 0 Å². The number of aliphatic hydroxyl groups excluding tert-OH is 1. The summed E-state index contributed by atoms with van der Waals surface area (Å²) in [5.41, 5.74) is 5.33. The molecule has 4 heteroatoms. The van der Waals surface area contributed by atoms with Crippen molar-refractivity contribution in [2.24, 2.45) is 11.7 Å². The van der Waals surface area contributed by atoms with E-state index >= 15 is 0 Å². The lowest BCUT2D eigenvalue weighted by atomic mass is 10.1. The molecule has 0 aromatic heterocycles. The monoisotopic (exact) mass is 198 g/mol. The first-order chi connectivity index (χ1) is 6.65. The number of nitrogens with two attached hydrogens (primary N) is 1. The third-order valence-corrected chi connectivity index (χ3v) is 3.33. The van der Waals surface area contributed by atoms with Crippen LogP contribution < -0.4 is 5.73 Å². The minimum Gasteiger partial charge on any atom is -0.396 e. The number of rotatable bonds is 3. The molecule has 1 atom stereocenters. The lowest BCUT2D eigenvalue weighted by Crippen LogP contribution is -2.44. The highest BCUT2D eigenvalue weighted by atomic mass is 16.3. The Labute approximate surface area is 84.1 Å². The largest absolute Gasteiger partial charge is 0.396 e. The molecule has 0 aromatic rings. The number of carbonyl (C=O) groups is 1. The van der Waals surface area contributed by atoms with Crippen molar-refractivity contribution in [3.63, 3.8) is 0 Å². The fourth-order valence-electron chi connectivity index (χ4n) is 2.10. The SMILES string of the molecule is NC1(C(=O)N2CCC(CCO)C2)CC1. The Morgan fingerprint density at radius 3 is 2.86 bits per heavy atom. The third kappa shape index (κ3) is 1.77. The van der Waals surface area contributed by atoms with E-state index in [2.05, 4.69) is 0 Å². The number of likely N-dealkylation sites (tertiary alicyclic amines) is 1. The summed E-state index contributed by atoms with van der Waals surface area (Å²) in [6.45, 7) is 1.83. The van der Waals surface area contributed by atoms with Crippen molar-refractivity contribution in [2.75, 3.05) is 19.7 Å². The van der Waals surface area contributed by atoms with E-state index in [4.69, 9.17) is 10.8 Å². The second-order valence-electron chi connectivity index (χ2n) is 4.57. The van der Waals surface area contributed by atoms with Crippen LogP contribution in [0.15, 0.2) is 0 Å². The van der Waals surface area contributed by atoms with Crippen LogP contribution in [0.2, 0.25) is 0 Å². The molecule has 0 aromatic carbocycles. The molecular formula is C10H18N2O2. The second-order valence-corrected chi connectivity index (χ2v) is 4.57. The van der Waals surface area contributed by atoms with Crippen LogP contribution in [0.1, 0.15) is 25.7 Å². The number of hydrogen-bond acceptors (Lipinski definition) is 3. The number of amides is 1. The van der Waals surface area contributed by atoms with E-state index in [-0.39, 0.29) is 12.5 Å². The van der Waals surface area contributed by atoms with Gasteiger partial charge in [-0.25, -0.2) is 0 Å². The molecule has 1 saturated heterocycles. The van der Waals surface area contributed by atoms with Gasteiger partial charge in [-0.15, -0.1) is 0 Å². The normalized spacial score (nSPS) is 29.3. The molecule has 2 aliphatic rings. The topological polar surface area (TPSA) is 66.6 Å². The van der Waals surface area contributed by atoms with Gasteiger partial charge in [0.15, 0.2) is 0 Å². The Hall–Kier alpha value is -0.610. The summed E-state index contributed by atoms with van der Waals surface area (Å²) in [4.78, 5) is 13.7. The van der Waals surface area contributed by atoms with Crippen LogP contribution in [0, 0.1) is 5.92 Å². The molecule has 2 rings (SSSR count). The van der Waals surface area contributed by atoms with Crippen LogP contribution in [0.5, 0.6) is 0 Å². The van der Waals surface area contributed by atoms with Gasteiger partial charge < -0.3 is 15.7 Å². The molecule has 14 heavy (non-hydrogen) atoms. The molecule has 1 heterocycles. The summed E-state index contributed by atoms with van der Waals surface area (Å²) in [5.74, 6) is 0.601. The first-order valence-corrected chi connectivity index (χ1v) is 5.35. The highest BCUT2D eigenvalue weighted by Crippen LogP contribution is 2.35. The molecule has 1 saturated carbocycles. The summed E-state index contributed by atoms with van der Waals surface area (Å²) in [6, 6.07) is 0. The number of nitrogens with zero attached hydrogens (tertiary/aromatic N) is 1. The van der Waals surface area contributed by atoms with Gasteiger partial charge >= 0.3 is 0 Å². The maximum absolute atomic E-state index is 11.8. The van der Waals surface area contributed by atoms with Crippen molar-refractivity contribution in [2.45, 2.75) is 31.2 Å². The Balaban J connectivity index is 1.86. The Bertz CT molecular complexity index is 238. The van der Waals surface area contributed by atoms with Crippen molar-refractivity contribution in [3.05, 3.63) is 0 Å². The molecule has 1 aliphatic heterocycles. The summed E-state index contributed by atoms with van der Waals surface area (Å²) in [5, 5.41) is 8.80. The zero-order valence-corrected chi connectivity index (χ0v) is 8.41. The Morgan fingerprint density at radius 2 is 2.29 bits per heavy atom. The predicted octanol–water partition coefficient (Wildman–Crippen LogP) is -0.291. The van der Waals surface area contributed by atoms with Gasteiger partial charge in [0.2, 0.25) is 5.91 Å². The highest BCUT2D eigenvalue weighted by Gasteiger charge is 2.49. The first kappa shape index (κ1) is 9.93. The fourth-order valence-corrected chi connectivity index (χ4v) is 2.10. The smallest absolute Gasteiger partial charge is 0.242 e. The zero-order valence-electron chi connectivity index (χ0n) is 8.41. The van der Waals surface area contributed by atoms with Crippen LogP contribution in [0.4, 0.5) is 0 Å². The average Bonchev–Trinajstić information content (AvgIpc) is 2.76. The van der Waals surface area contributed by atoms with E-state index in [0.717, 1.165) is 38.8 Å². The van der Waals surface area contributed by atoms with E-state index in [1.807, 2.05) is 4.90 Å². The minimum atomic E-state index is -0.520. The molecule has 4 nitrogen and oxygen atoms in total. The van der Waals surface area contributed by atoms with Crippen LogP contribution in [0.25, 0.3) is 0 Å². The molecule has 1 aliphatic carbocycles. The van der Waals surface area contributed by atoms with Gasteiger partial charge in [0, 0.05) is 19.7 Å². The lowest BCUT2D eigenvalue weighted by molar-refractivity contribution is -0.132. The van der Waals surface area contributed by atoms with Gasteiger partial charge in [0.05, 0.1) is 5.54 Å². The van der Waals surface area contributed by atoms with Gasteiger partial charge in [-0.3, -0.25) is 4.79 Å². The van der Waals surface area contributed by atoms with Crippen LogP contribution in [-0.4, -0.2) is 41.1 Å². The van der Waals surface area contributed by atoms with Crippen LogP contribution in [-0.2, 0) is 4.79 Å².